The molecule has 2 aromatic heterocycles. The van der Waals surface area contributed by atoms with Crippen molar-refractivity contribution in [3.05, 3.63) is 87.1 Å². The highest BCUT2D eigenvalue weighted by atomic mass is 79.9. The van der Waals surface area contributed by atoms with Crippen molar-refractivity contribution in [2.24, 2.45) is 0 Å². The van der Waals surface area contributed by atoms with Gasteiger partial charge < -0.3 is 0 Å². The van der Waals surface area contributed by atoms with Gasteiger partial charge in [0.1, 0.15) is 5.82 Å². The van der Waals surface area contributed by atoms with Crippen LogP contribution in [0.1, 0.15) is 5.56 Å². The second kappa shape index (κ2) is 7.05. The summed E-state index contributed by atoms with van der Waals surface area (Å²) in [6, 6.07) is 14.0. The summed E-state index contributed by atoms with van der Waals surface area (Å²) in [5.41, 5.74) is 1.29. The number of hydrogen-bond donors (Lipinski definition) is 0. The molecule has 0 atom stereocenters. The van der Waals surface area contributed by atoms with E-state index in [0.717, 1.165) is 10.2 Å². The Kier molecular flexibility index (Phi) is 4.60. The monoisotopic (exact) mass is 430 g/mol. The molecule has 0 N–H and O–H groups in total. The predicted octanol–water partition coefficient (Wildman–Crippen LogP) is 4.07. The molecule has 8 heteroatoms. The number of halogens is 2. The summed E-state index contributed by atoms with van der Waals surface area (Å²) in [6.07, 6.45) is 3.41. The first-order valence-electron chi connectivity index (χ1n) is 7.72. The summed E-state index contributed by atoms with van der Waals surface area (Å²) >= 11 is 4.71. The van der Waals surface area contributed by atoms with E-state index in [1.54, 1.807) is 35.0 Å². The minimum Gasteiger partial charge on any atom is -0.280 e. The molecule has 0 fully saturated rings. The van der Waals surface area contributed by atoms with Crippen LogP contribution in [0.15, 0.2) is 75.3 Å². The molecule has 4 rings (SSSR count). The Morgan fingerprint density at radius 2 is 1.81 bits per heavy atom. The van der Waals surface area contributed by atoms with Gasteiger partial charge in [-0.2, -0.15) is 0 Å². The maximum Gasteiger partial charge on any atom is 0.300 e. The van der Waals surface area contributed by atoms with Crippen LogP contribution in [-0.4, -0.2) is 19.2 Å². The SMILES string of the molecule is O=c1c2nnc(SCc3ccccc3F)n2ccn1-c1ccc(Br)cc1. The van der Waals surface area contributed by atoms with Crippen molar-refractivity contribution in [3.8, 4) is 5.69 Å². The van der Waals surface area contributed by atoms with Crippen LogP contribution in [0.4, 0.5) is 4.39 Å². The van der Waals surface area contributed by atoms with Crippen LogP contribution in [-0.2, 0) is 5.75 Å². The lowest BCUT2D eigenvalue weighted by molar-refractivity contribution is 0.617. The van der Waals surface area contributed by atoms with Crippen LogP contribution in [0.3, 0.4) is 0 Å². The quantitative estimate of drug-likeness (QED) is 0.457. The van der Waals surface area contributed by atoms with Crippen molar-refractivity contribution in [1.29, 1.82) is 0 Å². The van der Waals surface area contributed by atoms with Crippen LogP contribution in [0.5, 0.6) is 0 Å². The van der Waals surface area contributed by atoms with Gasteiger partial charge in [-0.25, -0.2) is 4.39 Å². The fourth-order valence-electron chi connectivity index (χ4n) is 2.53. The highest BCUT2D eigenvalue weighted by Gasteiger charge is 2.13. The van der Waals surface area contributed by atoms with Gasteiger partial charge in [0.2, 0.25) is 5.65 Å². The fourth-order valence-corrected chi connectivity index (χ4v) is 3.70. The number of nitrogens with zero attached hydrogens (tertiary/aromatic N) is 4. The van der Waals surface area contributed by atoms with Crippen LogP contribution >= 0.6 is 27.7 Å². The molecular weight excluding hydrogens is 419 g/mol. The molecule has 4 aromatic rings. The average molecular weight is 431 g/mol. The summed E-state index contributed by atoms with van der Waals surface area (Å²) in [4.78, 5) is 12.7. The van der Waals surface area contributed by atoms with E-state index in [-0.39, 0.29) is 17.0 Å². The minimum atomic E-state index is -0.264. The lowest BCUT2D eigenvalue weighted by atomic mass is 10.2. The summed E-state index contributed by atoms with van der Waals surface area (Å²) in [6.45, 7) is 0. The Morgan fingerprint density at radius 3 is 2.58 bits per heavy atom. The van der Waals surface area contributed by atoms with Gasteiger partial charge in [0.15, 0.2) is 5.16 Å². The summed E-state index contributed by atoms with van der Waals surface area (Å²) in [5, 5.41) is 8.64. The van der Waals surface area contributed by atoms with Gasteiger partial charge in [-0.15, -0.1) is 10.2 Å². The van der Waals surface area contributed by atoms with Crippen molar-refractivity contribution >= 4 is 33.3 Å². The number of thioether (sulfide) groups is 1. The predicted molar refractivity (Wildman–Crippen MR) is 102 cm³/mol. The molecule has 5 nitrogen and oxygen atoms in total. The molecule has 0 aliphatic carbocycles. The van der Waals surface area contributed by atoms with E-state index in [9.17, 15) is 9.18 Å². The van der Waals surface area contributed by atoms with E-state index in [0.29, 0.717) is 16.5 Å². The largest absolute Gasteiger partial charge is 0.300 e. The number of hydrogen-bond acceptors (Lipinski definition) is 4. The summed E-state index contributed by atoms with van der Waals surface area (Å²) < 4.78 is 17.8. The second-order valence-corrected chi connectivity index (χ2v) is 7.36. The van der Waals surface area contributed by atoms with E-state index in [1.807, 2.05) is 24.3 Å². The Bertz CT molecular complexity index is 1140. The van der Waals surface area contributed by atoms with Gasteiger partial charge in [0, 0.05) is 28.3 Å². The lowest BCUT2D eigenvalue weighted by Gasteiger charge is -2.06. The van der Waals surface area contributed by atoms with Crippen molar-refractivity contribution in [1.82, 2.24) is 19.2 Å². The van der Waals surface area contributed by atoms with Crippen molar-refractivity contribution in [2.75, 3.05) is 0 Å². The second-order valence-electron chi connectivity index (χ2n) is 5.51. The maximum absolute atomic E-state index is 13.8. The first-order valence-corrected chi connectivity index (χ1v) is 9.50. The molecule has 0 bridgehead atoms. The zero-order chi connectivity index (χ0) is 18.1. The molecule has 2 aromatic carbocycles. The van der Waals surface area contributed by atoms with Crippen LogP contribution in [0.25, 0.3) is 11.3 Å². The lowest BCUT2D eigenvalue weighted by Crippen LogP contribution is -2.20. The molecule has 0 aliphatic heterocycles. The van der Waals surface area contributed by atoms with Gasteiger partial charge in [0.05, 0.1) is 0 Å². The highest BCUT2D eigenvalue weighted by Crippen LogP contribution is 2.22. The third kappa shape index (κ3) is 3.17. The molecule has 0 saturated heterocycles. The van der Waals surface area contributed by atoms with Crippen LogP contribution in [0.2, 0.25) is 0 Å². The van der Waals surface area contributed by atoms with E-state index in [4.69, 9.17) is 0 Å². The van der Waals surface area contributed by atoms with Gasteiger partial charge in [-0.1, -0.05) is 45.9 Å². The molecule has 0 radical (unpaired) electrons. The molecule has 0 amide bonds. The Hall–Kier alpha value is -2.45. The number of rotatable bonds is 4. The summed E-state index contributed by atoms with van der Waals surface area (Å²) in [7, 11) is 0. The highest BCUT2D eigenvalue weighted by molar-refractivity contribution is 9.10. The van der Waals surface area contributed by atoms with E-state index in [2.05, 4.69) is 26.1 Å². The van der Waals surface area contributed by atoms with Crippen molar-refractivity contribution < 1.29 is 4.39 Å². The van der Waals surface area contributed by atoms with E-state index in [1.165, 1.54) is 22.4 Å². The van der Waals surface area contributed by atoms with Crippen molar-refractivity contribution in [3.63, 3.8) is 0 Å². The molecule has 2 heterocycles. The molecule has 0 spiro atoms. The molecule has 130 valence electrons. The molecule has 0 saturated carbocycles. The van der Waals surface area contributed by atoms with Gasteiger partial charge in [0.25, 0.3) is 0 Å². The molecule has 26 heavy (non-hydrogen) atoms. The van der Waals surface area contributed by atoms with Crippen LogP contribution < -0.4 is 5.56 Å². The average Bonchev–Trinajstić information content (AvgIpc) is 3.06. The van der Waals surface area contributed by atoms with Gasteiger partial charge in [-0.05, 0) is 35.9 Å². The smallest absolute Gasteiger partial charge is 0.280 e. The van der Waals surface area contributed by atoms with Gasteiger partial charge in [-0.3, -0.25) is 13.8 Å². The first kappa shape index (κ1) is 17.0. The number of benzene rings is 2. The van der Waals surface area contributed by atoms with E-state index < -0.39 is 0 Å². The third-order valence-corrected chi connectivity index (χ3v) is 5.38. The molecule has 0 aliphatic rings. The fraction of sp³-hybridized carbons (Fsp3) is 0.0556. The maximum atomic E-state index is 13.8. The summed E-state index contributed by atoms with van der Waals surface area (Å²) in [5.74, 6) is 0.148. The van der Waals surface area contributed by atoms with Gasteiger partial charge >= 0.3 is 5.56 Å². The van der Waals surface area contributed by atoms with Crippen molar-refractivity contribution in [2.45, 2.75) is 10.9 Å². The standard InChI is InChI=1S/C18H12BrFN4OS/c19-13-5-7-14(8-6-13)23-9-10-24-16(17(23)25)21-22-18(24)26-11-12-3-1-2-4-15(12)20/h1-10H,11H2. The Balaban J connectivity index is 1.67. The topological polar surface area (TPSA) is 52.2 Å². The molecular formula is C18H12BrFN4OS. The molecule has 0 unspecified atom stereocenters. The zero-order valence-corrected chi connectivity index (χ0v) is 15.7. The Labute approximate surface area is 160 Å². The number of aromatic nitrogens is 4. The van der Waals surface area contributed by atoms with E-state index >= 15 is 0 Å². The minimum absolute atomic E-state index is 0.228. The normalized spacial score (nSPS) is 11.2. The zero-order valence-electron chi connectivity index (χ0n) is 13.3. The van der Waals surface area contributed by atoms with Crippen LogP contribution in [0, 0.1) is 5.82 Å². The third-order valence-electron chi connectivity index (χ3n) is 3.86. The number of fused-ring (bicyclic) bond motifs is 1. The first-order chi connectivity index (χ1) is 12.6. The Morgan fingerprint density at radius 1 is 1.04 bits per heavy atom.